The second-order valence-electron chi connectivity index (χ2n) is 4.21. The first kappa shape index (κ1) is 10.6. The highest BCUT2D eigenvalue weighted by molar-refractivity contribution is 5.73. The van der Waals surface area contributed by atoms with Gasteiger partial charge in [0, 0.05) is 5.92 Å². The number of hydrogen-bond donors (Lipinski definition) is 1. The molecule has 0 saturated carbocycles. The Bertz CT molecular complexity index is 284. The summed E-state index contributed by atoms with van der Waals surface area (Å²) in [5.41, 5.74) is 0. The molecule has 1 N–H and O–H groups in total. The van der Waals surface area contributed by atoms with Crippen LogP contribution in [0.2, 0.25) is 0 Å². The van der Waals surface area contributed by atoms with Crippen molar-refractivity contribution in [2.75, 3.05) is 7.11 Å². The molecule has 5 atom stereocenters. The van der Waals surface area contributed by atoms with Crippen molar-refractivity contribution in [3.05, 3.63) is 12.2 Å². The summed E-state index contributed by atoms with van der Waals surface area (Å²) in [4.78, 5) is 11.6. The highest BCUT2D eigenvalue weighted by atomic mass is 16.5. The van der Waals surface area contributed by atoms with Crippen LogP contribution in [-0.2, 0) is 14.3 Å². The molecule has 2 heterocycles. The van der Waals surface area contributed by atoms with Crippen molar-refractivity contribution < 1.29 is 19.4 Å². The predicted molar refractivity (Wildman–Crippen MR) is 53.1 cm³/mol. The number of carbonyl (C=O) groups is 1. The third kappa shape index (κ3) is 1.79. The van der Waals surface area contributed by atoms with E-state index in [9.17, 15) is 9.90 Å². The standard InChI is InChI=1S/C11H16O4/c1-6(12)10(11(13)14-2)8-5-7-3-4-9(8)15-7/h3-4,6-10,12H,5H2,1-2H3. The van der Waals surface area contributed by atoms with Crippen LogP contribution in [0, 0.1) is 11.8 Å². The minimum atomic E-state index is -0.696. The van der Waals surface area contributed by atoms with Gasteiger partial charge in [0.15, 0.2) is 0 Å². The summed E-state index contributed by atoms with van der Waals surface area (Å²) in [6.07, 6.45) is 4.17. The Morgan fingerprint density at radius 1 is 1.60 bits per heavy atom. The van der Waals surface area contributed by atoms with Crippen LogP contribution >= 0.6 is 0 Å². The zero-order valence-electron chi connectivity index (χ0n) is 8.92. The van der Waals surface area contributed by atoms with Crippen molar-refractivity contribution in [3.63, 3.8) is 0 Å². The molecule has 0 aromatic rings. The summed E-state index contributed by atoms with van der Waals surface area (Å²) >= 11 is 0. The number of fused-ring (bicyclic) bond motifs is 2. The van der Waals surface area contributed by atoms with Crippen molar-refractivity contribution in [1.29, 1.82) is 0 Å². The third-order valence-corrected chi connectivity index (χ3v) is 3.23. The van der Waals surface area contributed by atoms with E-state index in [1.807, 2.05) is 12.2 Å². The highest BCUT2D eigenvalue weighted by Gasteiger charge is 2.45. The quantitative estimate of drug-likeness (QED) is 0.546. The number of ether oxygens (including phenoxy) is 2. The average Bonchev–Trinajstić information content (AvgIpc) is 2.78. The van der Waals surface area contributed by atoms with E-state index >= 15 is 0 Å². The van der Waals surface area contributed by atoms with Crippen LogP contribution in [0.25, 0.3) is 0 Å². The smallest absolute Gasteiger partial charge is 0.311 e. The van der Waals surface area contributed by atoms with Crippen molar-refractivity contribution in [3.8, 4) is 0 Å². The monoisotopic (exact) mass is 212 g/mol. The molecule has 0 spiro atoms. The number of aliphatic hydroxyl groups excluding tert-OH is 1. The molecule has 0 aliphatic carbocycles. The molecular weight excluding hydrogens is 196 g/mol. The van der Waals surface area contributed by atoms with Gasteiger partial charge in [0.25, 0.3) is 0 Å². The van der Waals surface area contributed by atoms with Gasteiger partial charge < -0.3 is 14.6 Å². The van der Waals surface area contributed by atoms with Gasteiger partial charge in [-0.05, 0) is 13.3 Å². The summed E-state index contributed by atoms with van der Waals surface area (Å²) in [5, 5.41) is 9.62. The molecule has 2 aliphatic heterocycles. The van der Waals surface area contributed by atoms with Gasteiger partial charge in [0.05, 0.1) is 31.3 Å². The molecule has 84 valence electrons. The summed E-state index contributed by atoms with van der Waals surface area (Å²) in [7, 11) is 1.35. The summed E-state index contributed by atoms with van der Waals surface area (Å²) in [6, 6.07) is 0. The van der Waals surface area contributed by atoms with Gasteiger partial charge in [-0.15, -0.1) is 0 Å². The second-order valence-corrected chi connectivity index (χ2v) is 4.21. The zero-order chi connectivity index (χ0) is 11.0. The van der Waals surface area contributed by atoms with E-state index in [0.717, 1.165) is 6.42 Å². The van der Waals surface area contributed by atoms with Gasteiger partial charge >= 0.3 is 5.97 Å². The molecule has 0 amide bonds. The third-order valence-electron chi connectivity index (χ3n) is 3.23. The van der Waals surface area contributed by atoms with Gasteiger partial charge in [-0.25, -0.2) is 0 Å². The Kier molecular flexibility index (Phi) is 2.80. The molecular formula is C11H16O4. The topological polar surface area (TPSA) is 55.8 Å². The SMILES string of the molecule is COC(=O)C(C(C)O)C1CC2C=CC1O2. The molecule has 2 aliphatic rings. The lowest BCUT2D eigenvalue weighted by Crippen LogP contribution is -2.37. The maximum absolute atomic E-state index is 11.6. The Balaban J connectivity index is 2.12. The van der Waals surface area contributed by atoms with Gasteiger partial charge in [-0.3, -0.25) is 4.79 Å². The van der Waals surface area contributed by atoms with Gasteiger partial charge in [0.2, 0.25) is 0 Å². The predicted octanol–water partition coefficient (Wildman–Crippen LogP) is 0.500. The summed E-state index contributed by atoms with van der Waals surface area (Å²) in [5.74, 6) is -0.776. The number of carbonyl (C=O) groups excluding carboxylic acids is 1. The minimum Gasteiger partial charge on any atom is -0.469 e. The molecule has 1 fully saturated rings. The Hall–Kier alpha value is -0.870. The Morgan fingerprint density at radius 2 is 2.33 bits per heavy atom. The molecule has 2 bridgehead atoms. The molecule has 5 unspecified atom stereocenters. The van der Waals surface area contributed by atoms with E-state index in [1.54, 1.807) is 6.92 Å². The molecule has 0 aromatic heterocycles. The zero-order valence-corrected chi connectivity index (χ0v) is 8.92. The van der Waals surface area contributed by atoms with Crippen molar-refractivity contribution in [2.24, 2.45) is 11.8 Å². The van der Waals surface area contributed by atoms with Crippen LogP contribution in [0.1, 0.15) is 13.3 Å². The van der Waals surface area contributed by atoms with E-state index in [2.05, 4.69) is 0 Å². The molecule has 4 heteroatoms. The van der Waals surface area contributed by atoms with E-state index in [0.29, 0.717) is 0 Å². The number of aliphatic hydroxyl groups is 1. The maximum Gasteiger partial charge on any atom is 0.311 e. The largest absolute Gasteiger partial charge is 0.469 e. The normalized spacial score (nSPS) is 36.6. The lowest BCUT2D eigenvalue weighted by atomic mass is 9.80. The van der Waals surface area contributed by atoms with Crippen LogP contribution < -0.4 is 0 Å². The van der Waals surface area contributed by atoms with Gasteiger partial charge in [0.1, 0.15) is 0 Å². The van der Waals surface area contributed by atoms with Crippen LogP contribution in [0.4, 0.5) is 0 Å². The fourth-order valence-electron chi connectivity index (χ4n) is 2.52. The maximum atomic E-state index is 11.6. The Labute approximate surface area is 88.9 Å². The van der Waals surface area contributed by atoms with Crippen molar-refractivity contribution >= 4 is 5.97 Å². The van der Waals surface area contributed by atoms with Gasteiger partial charge in [-0.2, -0.15) is 0 Å². The Morgan fingerprint density at radius 3 is 2.73 bits per heavy atom. The highest BCUT2D eigenvalue weighted by Crippen LogP contribution is 2.39. The van der Waals surface area contributed by atoms with Gasteiger partial charge in [-0.1, -0.05) is 12.2 Å². The van der Waals surface area contributed by atoms with E-state index < -0.39 is 12.0 Å². The number of methoxy groups -OCH3 is 1. The fraction of sp³-hybridized carbons (Fsp3) is 0.727. The number of esters is 1. The average molecular weight is 212 g/mol. The van der Waals surface area contributed by atoms with E-state index in [4.69, 9.17) is 9.47 Å². The van der Waals surface area contributed by atoms with Crippen LogP contribution in [-0.4, -0.2) is 36.5 Å². The number of hydrogen-bond acceptors (Lipinski definition) is 4. The summed E-state index contributed by atoms with van der Waals surface area (Å²) < 4.78 is 10.3. The molecule has 0 aromatic carbocycles. The van der Waals surface area contributed by atoms with E-state index in [1.165, 1.54) is 7.11 Å². The molecule has 1 saturated heterocycles. The van der Waals surface area contributed by atoms with Crippen LogP contribution in [0.3, 0.4) is 0 Å². The van der Waals surface area contributed by atoms with E-state index in [-0.39, 0.29) is 24.1 Å². The molecule has 4 nitrogen and oxygen atoms in total. The summed E-state index contributed by atoms with van der Waals surface area (Å²) in [6.45, 7) is 1.62. The lowest BCUT2D eigenvalue weighted by molar-refractivity contribution is -0.152. The molecule has 2 rings (SSSR count). The van der Waals surface area contributed by atoms with Crippen LogP contribution in [0.5, 0.6) is 0 Å². The molecule has 15 heavy (non-hydrogen) atoms. The van der Waals surface area contributed by atoms with Crippen molar-refractivity contribution in [1.82, 2.24) is 0 Å². The first-order valence-corrected chi connectivity index (χ1v) is 5.23. The number of rotatable bonds is 3. The second kappa shape index (κ2) is 3.94. The minimum absolute atomic E-state index is 0.0336. The molecule has 0 radical (unpaired) electrons. The first-order chi connectivity index (χ1) is 7.13. The van der Waals surface area contributed by atoms with Crippen LogP contribution in [0.15, 0.2) is 12.2 Å². The van der Waals surface area contributed by atoms with Crippen molar-refractivity contribution in [2.45, 2.75) is 31.7 Å². The first-order valence-electron chi connectivity index (χ1n) is 5.23. The lowest BCUT2D eigenvalue weighted by Gasteiger charge is -2.26. The fourth-order valence-corrected chi connectivity index (χ4v) is 2.52.